The molecule has 2 aliphatic rings. The number of fused-ring (bicyclic) bond motifs is 5. The molecule has 4 aromatic rings. The summed E-state index contributed by atoms with van der Waals surface area (Å²) in [7, 11) is 3.56. The zero-order valence-electron chi connectivity index (χ0n) is 18.0. The Bertz CT molecular complexity index is 1430. The molecule has 2 bridgehead atoms. The highest BCUT2D eigenvalue weighted by Crippen LogP contribution is 2.47. The standard InChI is InChI=1S/C24H20F3N5O/c1-30-11-16(14-4-3-7-28-23(14)30)24(33)32-13-5-6-19(32)21-15(10-13)22(31(2)29-21)12-8-17(25)20(27)18(26)9-12/h3-4,7-9,11,13,19H,5-6,10H2,1-2H3. The van der Waals surface area contributed by atoms with E-state index in [4.69, 9.17) is 0 Å². The van der Waals surface area contributed by atoms with E-state index in [1.165, 1.54) is 0 Å². The van der Waals surface area contributed by atoms with Gasteiger partial charge in [0.25, 0.3) is 5.91 Å². The first kappa shape index (κ1) is 20.0. The van der Waals surface area contributed by atoms with E-state index in [0.29, 0.717) is 17.7 Å². The van der Waals surface area contributed by atoms with Crippen LogP contribution < -0.4 is 0 Å². The largest absolute Gasteiger partial charge is 0.335 e. The number of carbonyl (C=O) groups is 1. The number of benzene rings is 1. The second kappa shape index (κ2) is 6.94. The zero-order chi connectivity index (χ0) is 23.0. The summed E-state index contributed by atoms with van der Waals surface area (Å²) < 4.78 is 44.8. The van der Waals surface area contributed by atoms with E-state index < -0.39 is 17.5 Å². The maximum absolute atomic E-state index is 13.9. The van der Waals surface area contributed by atoms with Crippen molar-refractivity contribution in [2.75, 3.05) is 0 Å². The second-order valence-electron chi connectivity index (χ2n) is 8.78. The molecular weight excluding hydrogens is 431 g/mol. The Labute approximate surface area is 187 Å². The number of aromatic nitrogens is 4. The van der Waals surface area contributed by atoms with E-state index in [1.54, 1.807) is 17.9 Å². The molecule has 1 fully saturated rings. The lowest BCUT2D eigenvalue weighted by atomic mass is 9.94. The van der Waals surface area contributed by atoms with Gasteiger partial charge in [-0.3, -0.25) is 9.48 Å². The molecule has 1 aromatic carbocycles. The van der Waals surface area contributed by atoms with E-state index in [9.17, 15) is 18.0 Å². The third-order valence-corrected chi connectivity index (χ3v) is 6.89. The van der Waals surface area contributed by atoms with Crippen molar-refractivity contribution in [1.29, 1.82) is 0 Å². The Morgan fingerprint density at radius 3 is 2.64 bits per heavy atom. The summed E-state index contributed by atoms with van der Waals surface area (Å²) in [5, 5.41) is 5.45. The molecule has 0 spiro atoms. The maximum Gasteiger partial charge on any atom is 0.256 e. The van der Waals surface area contributed by atoms with Crippen LogP contribution in [-0.4, -0.2) is 36.2 Å². The van der Waals surface area contributed by atoms with Crippen molar-refractivity contribution in [3.8, 4) is 11.3 Å². The van der Waals surface area contributed by atoms with Crippen LogP contribution in [0.1, 0.15) is 40.5 Å². The summed E-state index contributed by atoms with van der Waals surface area (Å²) in [6.45, 7) is 0. The molecule has 2 atom stereocenters. The van der Waals surface area contributed by atoms with Gasteiger partial charge in [-0.05, 0) is 43.5 Å². The van der Waals surface area contributed by atoms with Crippen LogP contribution in [0, 0.1) is 17.5 Å². The van der Waals surface area contributed by atoms with Crippen LogP contribution in [0.4, 0.5) is 13.2 Å². The number of pyridine rings is 1. The minimum absolute atomic E-state index is 0.0555. The Kier molecular flexibility index (Phi) is 4.21. The molecule has 0 radical (unpaired) electrons. The molecule has 3 aromatic heterocycles. The fourth-order valence-electron chi connectivity index (χ4n) is 5.53. The van der Waals surface area contributed by atoms with Crippen LogP contribution in [0.15, 0.2) is 36.7 Å². The van der Waals surface area contributed by atoms with Gasteiger partial charge in [-0.25, -0.2) is 18.2 Å². The minimum Gasteiger partial charge on any atom is -0.335 e. The van der Waals surface area contributed by atoms with Crippen molar-refractivity contribution in [3.63, 3.8) is 0 Å². The quantitative estimate of drug-likeness (QED) is 0.427. The smallest absolute Gasteiger partial charge is 0.256 e. The first-order chi connectivity index (χ1) is 15.8. The molecule has 2 unspecified atom stereocenters. The molecule has 0 N–H and O–H groups in total. The summed E-state index contributed by atoms with van der Waals surface area (Å²) in [5.74, 6) is -4.03. The summed E-state index contributed by atoms with van der Waals surface area (Å²) >= 11 is 0. The van der Waals surface area contributed by atoms with E-state index in [-0.39, 0.29) is 23.6 Å². The van der Waals surface area contributed by atoms with Crippen molar-refractivity contribution in [3.05, 3.63) is 70.9 Å². The fourth-order valence-corrected chi connectivity index (χ4v) is 5.53. The van der Waals surface area contributed by atoms with E-state index in [2.05, 4.69) is 10.1 Å². The Morgan fingerprint density at radius 1 is 1.12 bits per heavy atom. The Morgan fingerprint density at radius 2 is 1.88 bits per heavy atom. The molecule has 5 heterocycles. The molecule has 6 rings (SSSR count). The van der Waals surface area contributed by atoms with Gasteiger partial charge in [0, 0.05) is 49.0 Å². The van der Waals surface area contributed by atoms with Crippen LogP contribution in [0.25, 0.3) is 22.3 Å². The van der Waals surface area contributed by atoms with Crippen LogP contribution in [-0.2, 0) is 20.5 Å². The van der Waals surface area contributed by atoms with Crippen LogP contribution >= 0.6 is 0 Å². The number of hydrogen-bond acceptors (Lipinski definition) is 3. The molecular formula is C24H20F3N5O. The Hall–Kier alpha value is -3.62. The fraction of sp³-hybridized carbons (Fsp3) is 0.292. The molecule has 9 heteroatoms. The van der Waals surface area contributed by atoms with Crippen LogP contribution in [0.2, 0.25) is 0 Å². The van der Waals surface area contributed by atoms with Crippen LogP contribution in [0.5, 0.6) is 0 Å². The van der Waals surface area contributed by atoms with E-state index in [1.807, 2.05) is 34.8 Å². The lowest BCUT2D eigenvalue weighted by molar-refractivity contribution is 0.0644. The van der Waals surface area contributed by atoms with Crippen molar-refractivity contribution >= 4 is 16.9 Å². The van der Waals surface area contributed by atoms with Crippen molar-refractivity contribution in [2.45, 2.75) is 31.3 Å². The van der Waals surface area contributed by atoms with Gasteiger partial charge in [-0.15, -0.1) is 0 Å². The number of nitrogens with zero attached hydrogens (tertiary/aromatic N) is 5. The SMILES string of the molecule is Cn1nc2c(c1-c1cc(F)c(F)c(F)c1)CC1CCC2N1C(=O)c1cn(C)c2ncccc12. The van der Waals surface area contributed by atoms with Crippen molar-refractivity contribution < 1.29 is 18.0 Å². The van der Waals surface area contributed by atoms with Gasteiger partial charge in [0.1, 0.15) is 5.65 Å². The number of hydrogen-bond donors (Lipinski definition) is 0. The average molecular weight is 451 g/mol. The molecule has 1 saturated heterocycles. The Balaban J connectivity index is 1.43. The number of aryl methyl sites for hydroxylation is 2. The topological polar surface area (TPSA) is 56.0 Å². The lowest BCUT2D eigenvalue weighted by Crippen LogP contribution is -2.41. The second-order valence-corrected chi connectivity index (χ2v) is 8.78. The number of halogens is 3. The summed E-state index contributed by atoms with van der Waals surface area (Å²) in [6, 6.07) is 5.42. The molecule has 6 nitrogen and oxygen atoms in total. The van der Waals surface area contributed by atoms with Crippen molar-refractivity contribution in [2.24, 2.45) is 14.1 Å². The monoisotopic (exact) mass is 451 g/mol. The normalized spacial score (nSPS) is 19.4. The first-order valence-electron chi connectivity index (χ1n) is 10.8. The maximum atomic E-state index is 13.9. The highest BCUT2D eigenvalue weighted by atomic mass is 19.2. The van der Waals surface area contributed by atoms with Gasteiger partial charge >= 0.3 is 0 Å². The van der Waals surface area contributed by atoms with Crippen LogP contribution in [0.3, 0.4) is 0 Å². The predicted molar refractivity (Wildman–Crippen MR) is 115 cm³/mol. The third-order valence-electron chi connectivity index (χ3n) is 6.89. The summed E-state index contributed by atoms with van der Waals surface area (Å²) in [5.41, 5.74) is 3.73. The van der Waals surface area contributed by atoms with Gasteiger partial charge in [0.2, 0.25) is 0 Å². The molecule has 2 aliphatic heterocycles. The molecule has 1 amide bonds. The lowest BCUT2D eigenvalue weighted by Gasteiger charge is -2.34. The number of rotatable bonds is 2. The summed E-state index contributed by atoms with van der Waals surface area (Å²) in [6.07, 6.45) is 5.59. The zero-order valence-corrected chi connectivity index (χ0v) is 18.0. The van der Waals surface area contributed by atoms with Gasteiger partial charge < -0.3 is 9.47 Å². The first-order valence-corrected chi connectivity index (χ1v) is 10.8. The molecule has 168 valence electrons. The van der Waals surface area contributed by atoms with Crippen molar-refractivity contribution in [1.82, 2.24) is 24.2 Å². The van der Waals surface area contributed by atoms with E-state index >= 15 is 0 Å². The van der Waals surface area contributed by atoms with Gasteiger partial charge in [-0.1, -0.05) is 0 Å². The number of amides is 1. The summed E-state index contributed by atoms with van der Waals surface area (Å²) in [4.78, 5) is 20.0. The predicted octanol–water partition coefficient (Wildman–Crippen LogP) is 4.29. The molecule has 33 heavy (non-hydrogen) atoms. The highest BCUT2D eigenvalue weighted by Gasteiger charge is 2.46. The highest BCUT2D eigenvalue weighted by molar-refractivity contribution is 6.06. The van der Waals surface area contributed by atoms with E-state index in [0.717, 1.165) is 47.3 Å². The minimum atomic E-state index is -1.49. The van der Waals surface area contributed by atoms with Gasteiger partial charge in [-0.2, -0.15) is 5.10 Å². The average Bonchev–Trinajstić information content (AvgIpc) is 3.43. The molecule has 0 saturated carbocycles. The number of carbonyl (C=O) groups excluding carboxylic acids is 1. The van der Waals surface area contributed by atoms with Gasteiger partial charge in [0.15, 0.2) is 17.5 Å². The molecule has 0 aliphatic carbocycles. The van der Waals surface area contributed by atoms with Gasteiger partial charge in [0.05, 0.1) is 23.0 Å². The third kappa shape index (κ3) is 2.77.